The van der Waals surface area contributed by atoms with Gasteiger partial charge >= 0.3 is 0 Å². The van der Waals surface area contributed by atoms with E-state index in [1.54, 1.807) is 48.5 Å². The first-order valence-corrected chi connectivity index (χ1v) is 9.21. The van der Waals surface area contributed by atoms with Crippen molar-refractivity contribution >= 4 is 17.5 Å². The lowest BCUT2D eigenvalue weighted by molar-refractivity contribution is -0.123. The molecule has 0 aromatic heterocycles. The van der Waals surface area contributed by atoms with Gasteiger partial charge < -0.3 is 24.8 Å². The molecule has 2 N–H and O–H groups in total. The smallest absolute Gasteiger partial charge is 0.259 e. The maximum Gasteiger partial charge on any atom is 0.259 e. The fourth-order valence-electron chi connectivity index (χ4n) is 2.90. The molecule has 1 atom stereocenters. The molecule has 2 aromatic rings. The average Bonchev–Trinajstić information content (AvgIpc) is 3.25. The van der Waals surface area contributed by atoms with Crippen LogP contribution in [0.5, 0.6) is 11.5 Å². The van der Waals surface area contributed by atoms with Crippen LogP contribution in [0, 0.1) is 0 Å². The Hall–Kier alpha value is -3.06. The van der Waals surface area contributed by atoms with Crippen LogP contribution in [0.1, 0.15) is 23.2 Å². The Balaban J connectivity index is 1.46. The lowest BCUT2D eigenvalue weighted by Crippen LogP contribution is -2.35. The van der Waals surface area contributed by atoms with Crippen molar-refractivity contribution in [3.05, 3.63) is 54.1 Å². The quantitative estimate of drug-likeness (QED) is 0.731. The number of nitrogens with one attached hydrogen (secondary N) is 2. The summed E-state index contributed by atoms with van der Waals surface area (Å²) >= 11 is 0. The fraction of sp³-hybridized carbons (Fsp3) is 0.333. The number of para-hydroxylation sites is 1. The summed E-state index contributed by atoms with van der Waals surface area (Å²) in [6, 6.07) is 13.8. The van der Waals surface area contributed by atoms with E-state index in [0.717, 1.165) is 19.4 Å². The van der Waals surface area contributed by atoms with Gasteiger partial charge in [-0.15, -0.1) is 0 Å². The molecule has 7 heteroatoms. The summed E-state index contributed by atoms with van der Waals surface area (Å²) in [5.74, 6) is 0.597. The number of benzene rings is 2. The van der Waals surface area contributed by atoms with E-state index in [4.69, 9.17) is 14.2 Å². The van der Waals surface area contributed by atoms with E-state index in [1.165, 1.54) is 7.11 Å². The number of hydrogen-bond donors (Lipinski definition) is 2. The summed E-state index contributed by atoms with van der Waals surface area (Å²) in [6.07, 6.45) is 2.12. The lowest BCUT2D eigenvalue weighted by atomic mass is 10.2. The van der Waals surface area contributed by atoms with E-state index in [0.29, 0.717) is 29.3 Å². The van der Waals surface area contributed by atoms with Crippen LogP contribution >= 0.6 is 0 Å². The molecule has 1 aliphatic heterocycles. The zero-order chi connectivity index (χ0) is 19.8. The third-order valence-electron chi connectivity index (χ3n) is 4.38. The minimum absolute atomic E-state index is 0.0698. The number of methoxy groups -OCH3 is 1. The van der Waals surface area contributed by atoms with E-state index in [-0.39, 0.29) is 24.5 Å². The van der Waals surface area contributed by atoms with Crippen LogP contribution in [-0.2, 0) is 9.53 Å². The van der Waals surface area contributed by atoms with Gasteiger partial charge in [0.05, 0.1) is 18.8 Å². The van der Waals surface area contributed by atoms with Crippen molar-refractivity contribution in [3.63, 3.8) is 0 Å². The molecule has 0 bridgehead atoms. The summed E-state index contributed by atoms with van der Waals surface area (Å²) in [5.41, 5.74) is 1.07. The third kappa shape index (κ3) is 5.47. The van der Waals surface area contributed by atoms with Gasteiger partial charge in [-0.2, -0.15) is 0 Å². The van der Waals surface area contributed by atoms with Crippen molar-refractivity contribution in [1.29, 1.82) is 0 Å². The number of ether oxygens (including phenoxy) is 3. The minimum atomic E-state index is -0.264. The Morgan fingerprint density at radius 3 is 2.64 bits per heavy atom. The topological polar surface area (TPSA) is 85.9 Å². The van der Waals surface area contributed by atoms with E-state index in [1.807, 2.05) is 0 Å². The van der Waals surface area contributed by atoms with Gasteiger partial charge in [-0.1, -0.05) is 12.1 Å². The Morgan fingerprint density at radius 2 is 1.93 bits per heavy atom. The SMILES string of the molecule is COc1ccccc1C(=O)Nc1ccc(OCC(=O)NCC2CCCO2)cc1. The van der Waals surface area contributed by atoms with Gasteiger partial charge in [-0.3, -0.25) is 9.59 Å². The van der Waals surface area contributed by atoms with Crippen LogP contribution in [0.4, 0.5) is 5.69 Å². The zero-order valence-electron chi connectivity index (χ0n) is 15.8. The maximum atomic E-state index is 12.4. The molecule has 148 valence electrons. The molecular formula is C21H24N2O5. The number of anilines is 1. The molecule has 28 heavy (non-hydrogen) atoms. The van der Waals surface area contributed by atoms with Crippen LogP contribution in [-0.4, -0.2) is 44.8 Å². The van der Waals surface area contributed by atoms with Crippen LogP contribution in [0.15, 0.2) is 48.5 Å². The van der Waals surface area contributed by atoms with Gasteiger partial charge in [0.15, 0.2) is 6.61 Å². The molecule has 1 unspecified atom stereocenters. The van der Waals surface area contributed by atoms with Gasteiger partial charge in [-0.25, -0.2) is 0 Å². The Labute approximate surface area is 164 Å². The number of hydrogen-bond acceptors (Lipinski definition) is 5. The minimum Gasteiger partial charge on any atom is -0.496 e. The Morgan fingerprint density at radius 1 is 1.14 bits per heavy atom. The van der Waals surface area contributed by atoms with Crippen molar-refractivity contribution in [1.82, 2.24) is 5.32 Å². The summed E-state index contributed by atoms with van der Waals surface area (Å²) in [4.78, 5) is 24.2. The number of carbonyl (C=O) groups is 2. The summed E-state index contributed by atoms with van der Waals surface area (Å²) in [5, 5.41) is 5.61. The standard InChI is InChI=1S/C21H24N2O5/c1-26-19-7-3-2-6-18(19)21(25)23-15-8-10-16(11-9-15)28-14-20(24)22-13-17-5-4-12-27-17/h2-3,6-11,17H,4-5,12-14H2,1H3,(H,22,24)(H,23,25). The molecule has 2 amide bonds. The molecule has 1 heterocycles. The fourth-order valence-corrected chi connectivity index (χ4v) is 2.90. The highest BCUT2D eigenvalue weighted by atomic mass is 16.5. The van der Waals surface area contributed by atoms with Crippen molar-refractivity contribution in [3.8, 4) is 11.5 Å². The predicted octanol–water partition coefficient (Wildman–Crippen LogP) is 2.62. The number of rotatable bonds is 8. The van der Waals surface area contributed by atoms with Crippen molar-refractivity contribution < 1.29 is 23.8 Å². The first kappa shape index (κ1) is 19.7. The lowest BCUT2D eigenvalue weighted by Gasteiger charge is -2.12. The zero-order valence-corrected chi connectivity index (χ0v) is 15.8. The normalized spacial score (nSPS) is 15.7. The highest BCUT2D eigenvalue weighted by Crippen LogP contribution is 2.20. The monoisotopic (exact) mass is 384 g/mol. The van der Waals surface area contributed by atoms with Crippen molar-refractivity contribution in [2.24, 2.45) is 0 Å². The molecule has 1 saturated heterocycles. The van der Waals surface area contributed by atoms with Gasteiger partial charge in [0.25, 0.3) is 11.8 Å². The predicted molar refractivity (Wildman–Crippen MR) is 105 cm³/mol. The second-order valence-corrected chi connectivity index (χ2v) is 6.41. The molecule has 1 fully saturated rings. The molecular weight excluding hydrogens is 360 g/mol. The second-order valence-electron chi connectivity index (χ2n) is 6.41. The summed E-state index contributed by atoms with van der Waals surface area (Å²) in [6.45, 7) is 1.20. The van der Waals surface area contributed by atoms with Crippen LogP contribution in [0.3, 0.4) is 0 Å². The van der Waals surface area contributed by atoms with E-state index in [9.17, 15) is 9.59 Å². The van der Waals surface area contributed by atoms with Gasteiger partial charge in [-0.05, 0) is 49.2 Å². The third-order valence-corrected chi connectivity index (χ3v) is 4.38. The summed E-state index contributed by atoms with van der Waals surface area (Å²) < 4.78 is 16.1. The van der Waals surface area contributed by atoms with Crippen molar-refractivity contribution in [2.45, 2.75) is 18.9 Å². The highest BCUT2D eigenvalue weighted by molar-refractivity contribution is 6.06. The van der Waals surface area contributed by atoms with Gasteiger partial charge in [0.1, 0.15) is 11.5 Å². The first-order chi connectivity index (χ1) is 13.7. The number of carbonyl (C=O) groups excluding carboxylic acids is 2. The largest absolute Gasteiger partial charge is 0.496 e. The van der Waals surface area contributed by atoms with E-state index < -0.39 is 0 Å². The molecule has 0 saturated carbocycles. The van der Waals surface area contributed by atoms with E-state index >= 15 is 0 Å². The second kappa shape index (κ2) is 9.75. The Bertz CT molecular complexity index is 801. The highest BCUT2D eigenvalue weighted by Gasteiger charge is 2.16. The molecule has 3 rings (SSSR count). The number of amides is 2. The molecule has 0 aliphatic carbocycles. The van der Waals surface area contributed by atoms with Gasteiger partial charge in [0, 0.05) is 18.8 Å². The maximum absolute atomic E-state index is 12.4. The molecule has 2 aromatic carbocycles. The first-order valence-electron chi connectivity index (χ1n) is 9.21. The molecule has 7 nitrogen and oxygen atoms in total. The van der Waals surface area contributed by atoms with Crippen molar-refractivity contribution in [2.75, 3.05) is 32.2 Å². The van der Waals surface area contributed by atoms with Gasteiger partial charge in [0.2, 0.25) is 0 Å². The Kier molecular flexibility index (Phi) is 6.86. The summed E-state index contributed by atoms with van der Waals surface area (Å²) in [7, 11) is 1.52. The van der Waals surface area contributed by atoms with Crippen LogP contribution in [0.25, 0.3) is 0 Å². The molecule has 0 spiro atoms. The molecule has 0 radical (unpaired) electrons. The average molecular weight is 384 g/mol. The van der Waals surface area contributed by atoms with E-state index in [2.05, 4.69) is 10.6 Å². The van der Waals surface area contributed by atoms with Crippen LogP contribution < -0.4 is 20.1 Å². The molecule has 1 aliphatic rings. The van der Waals surface area contributed by atoms with Crippen LogP contribution in [0.2, 0.25) is 0 Å².